The van der Waals surface area contributed by atoms with Gasteiger partial charge in [0.25, 0.3) is 0 Å². The fourth-order valence-electron chi connectivity index (χ4n) is 6.40. The molecule has 3 saturated carbocycles. The van der Waals surface area contributed by atoms with Gasteiger partial charge in [-0.15, -0.1) is 0 Å². The molecule has 0 saturated heterocycles. The van der Waals surface area contributed by atoms with E-state index in [0.717, 1.165) is 38.5 Å². The van der Waals surface area contributed by atoms with E-state index in [4.69, 9.17) is 0 Å². The van der Waals surface area contributed by atoms with Gasteiger partial charge in [0.05, 0.1) is 12.2 Å². The molecule has 4 aliphatic rings. The first-order chi connectivity index (χ1) is 10.4. The lowest BCUT2D eigenvalue weighted by atomic mass is 9.47. The van der Waals surface area contributed by atoms with Crippen molar-refractivity contribution >= 4 is 5.78 Å². The van der Waals surface area contributed by atoms with Gasteiger partial charge in [0, 0.05) is 11.8 Å². The molecule has 0 amide bonds. The van der Waals surface area contributed by atoms with Gasteiger partial charge in [-0.1, -0.05) is 25.5 Å². The second-order valence-electron chi connectivity index (χ2n) is 8.70. The Morgan fingerprint density at radius 3 is 2.50 bits per heavy atom. The van der Waals surface area contributed by atoms with Crippen LogP contribution in [0.2, 0.25) is 0 Å². The lowest BCUT2D eigenvalue weighted by molar-refractivity contribution is -0.135. The summed E-state index contributed by atoms with van der Waals surface area (Å²) in [5.74, 6) is 1.46. The zero-order valence-electron chi connectivity index (χ0n) is 13.7. The van der Waals surface area contributed by atoms with Crippen molar-refractivity contribution in [2.45, 2.75) is 71.0 Å². The normalized spacial score (nSPS) is 54.3. The molecular weight excluding hydrogens is 276 g/mol. The Labute approximate surface area is 132 Å². The van der Waals surface area contributed by atoms with Gasteiger partial charge >= 0.3 is 0 Å². The lowest BCUT2D eigenvalue weighted by Gasteiger charge is -2.58. The van der Waals surface area contributed by atoms with Gasteiger partial charge in [0.15, 0.2) is 0 Å². The summed E-state index contributed by atoms with van der Waals surface area (Å²) < 4.78 is 0. The molecule has 0 spiro atoms. The maximum Gasteiger partial charge on any atom is 0.139 e. The summed E-state index contributed by atoms with van der Waals surface area (Å²) >= 11 is 0. The highest BCUT2D eigenvalue weighted by Gasteiger charge is 2.60. The number of ketones is 1. The number of carbonyl (C=O) groups excluding carboxylic acids is 1. The molecule has 3 fully saturated rings. The predicted molar refractivity (Wildman–Crippen MR) is 84.1 cm³/mol. The summed E-state index contributed by atoms with van der Waals surface area (Å²) in [6, 6.07) is 0. The number of aliphatic hydroxyl groups is 2. The Bertz CT molecular complexity index is 539. The van der Waals surface area contributed by atoms with Crippen LogP contribution in [0.3, 0.4) is 0 Å². The third-order valence-electron chi connectivity index (χ3n) is 7.81. The number of hydrogen-bond acceptors (Lipinski definition) is 3. The third kappa shape index (κ3) is 1.78. The summed E-state index contributed by atoms with van der Waals surface area (Å²) in [4.78, 5) is 12.4. The first kappa shape index (κ1) is 14.9. The van der Waals surface area contributed by atoms with Crippen LogP contribution in [0.1, 0.15) is 58.8 Å². The Hall–Kier alpha value is -0.670. The minimum Gasteiger partial charge on any atom is -0.393 e. The number of hydrogen-bond donors (Lipinski definition) is 2. The molecule has 4 unspecified atom stereocenters. The molecule has 3 heteroatoms. The number of aliphatic hydroxyl groups excluding tert-OH is 2. The molecule has 122 valence electrons. The second-order valence-corrected chi connectivity index (χ2v) is 8.70. The van der Waals surface area contributed by atoms with Gasteiger partial charge in [-0.2, -0.15) is 0 Å². The molecule has 3 nitrogen and oxygen atoms in total. The third-order valence-corrected chi connectivity index (χ3v) is 7.81. The van der Waals surface area contributed by atoms with Crippen molar-refractivity contribution in [1.82, 2.24) is 0 Å². The quantitative estimate of drug-likeness (QED) is 0.677. The molecule has 7 atom stereocenters. The van der Waals surface area contributed by atoms with E-state index in [1.54, 1.807) is 0 Å². The van der Waals surface area contributed by atoms with Crippen molar-refractivity contribution < 1.29 is 15.0 Å². The summed E-state index contributed by atoms with van der Waals surface area (Å²) in [5, 5.41) is 20.8. The molecule has 0 bridgehead atoms. The minimum absolute atomic E-state index is 0.121. The van der Waals surface area contributed by atoms with Gasteiger partial charge in [0.2, 0.25) is 0 Å². The standard InChI is InChI=1S/C19H28O3/c1-18-7-5-12(20)9-11(18)10-15(21)17-13-3-4-16(22)19(13,2)8-6-14(17)18/h10,12-15,17,20-21H,3-9H2,1-2H3/t12-,13?,14?,15?,17?,18-,19-/m0/s1. The van der Waals surface area contributed by atoms with Crippen molar-refractivity contribution in [2.75, 3.05) is 0 Å². The lowest BCUT2D eigenvalue weighted by Crippen LogP contribution is -2.54. The molecule has 0 aliphatic heterocycles. The maximum absolute atomic E-state index is 12.4. The molecule has 0 radical (unpaired) electrons. The molecule has 0 aromatic carbocycles. The van der Waals surface area contributed by atoms with Crippen LogP contribution >= 0.6 is 0 Å². The Morgan fingerprint density at radius 2 is 1.73 bits per heavy atom. The van der Waals surface area contributed by atoms with E-state index in [1.165, 1.54) is 5.57 Å². The van der Waals surface area contributed by atoms with Crippen LogP contribution in [0, 0.1) is 28.6 Å². The fraction of sp³-hybridized carbons (Fsp3) is 0.842. The van der Waals surface area contributed by atoms with Crippen LogP contribution in [0.25, 0.3) is 0 Å². The van der Waals surface area contributed by atoms with Crippen molar-refractivity contribution in [3.8, 4) is 0 Å². The zero-order valence-corrected chi connectivity index (χ0v) is 13.7. The molecule has 0 heterocycles. The number of Topliss-reactive ketones (excluding diaryl/α,β-unsaturated/α-hetero) is 1. The average Bonchev–Trinajstić information content (AvgIpc) is 2.77. The highest BCUT2D eigenvalue weighted by Crippen LogP contribution is 2.63. The SMILES string of the molecule is C[C@]12CC[C@H](O)CC1=CC(O)C1C2CC[C@]2(C)C(=O)CCC12. The van der Waals surface area contributed by atoms with Gasteiger partial charge in [-0.05, 0) is 61.7 Å². The minimum atomic E-state index is -0.436. The molecule has 4 aliphatic carbocycles. The molecule has 0 aromatic rings. The Kier molecular flexibility index (Phi) is 3.16. The van der Waals surface area contributed by atoms with Crippen molar-refractivity contribution in [3.05, 3.63) is 11.6 Å². The van der Waals surface area contributed by atoms with Gasteiger partial charge in [-0.25, -0.2) is 0 Å². The van der Waals surface area contributed by atoms with E-state index >= 15 is 0 Å². The van der Waals surface area contributed by atoms with E-state index < -0.39 is 6.10 Å². The number of carbonyl (C=O) groups is 1. The van der Waals surface area contributed by atoms with Crippen molar-refractivity contribution in [2.24, 2.45) is 28.6 Å². The summed E-state index contributed by atoms with van der Waals surface area (Å²) in [6.45, 7) is 4.48. The smallest absolute Gasteiger partial charge is 0.139 e. The molecular formula is C19H28O3. The van der Waals surface area contributed by atoms with Crippen molar-refractivity contribution in [3.63, 3.8) is 0 Å². The summed E-state index contributed by atoms with van der Waals surface area (Å²) in [7, 11) is 0. The molecule has 22 heavy (non-hydrogen) atoms. The van der Waals surface area contributed by atoms with Crippen LogP contribution in [0.4, 0.5) is 0 Å². The summed E-state index contributed by atoms with van der Waals surface area (Å²) in [6.07, 6.45) is 7.65. The van der Waals surface area contributed by atoms with Crippen LogP contribution in [-0.2, 0) is 4.79 Å². The number of fused-ring (bicyclic) bond motifs is 5. The van der Waals surface area contributed by atoms with E-state index in [2.05, 4.69) is 13.8 Å². The van der Waals surface area contributed by atoms with Crippen LogP contribution in [0.15, 0.2) is 11.6 Å². The highest BCUT2D eigenvalue weighted by atomic mass is 16.3. The van der Waals surface area contributed by atoms with Gasteiger partial charge in [0.1, 0.15) is 5.78 Å². The molecule has 2 N–H and O–H groups in total. The van der Waals surface area contributed by atoms with Crippen molar-refractivity contribution in [1.29, 1.82) is 0 Å². The maximum atomic E-state index is 12.4. The second kappa shape index (κ2) is 4.67. The van der Waals surface area contributed by atoms with Gasteiger partial charge in [-0.3, -0.25) is 4.79 Å². The van der Waals surface area contributed by atoms with E-state index in [1.807, 2.05) is 6.08 Å². The van der Waals surface area contributed by atoms with E-state index in [9.17, 15) is 15.0 Å². The topological polar surface area (TPSA) is 57.5 Å². The van der Waals surface area contributed by atoms with Crippen LogP contribution in [0.5, 0.6) is 0 Å². The molecule has 4 rings (SSSR count). The van der Waals surface area contributed by atoms with Crippen LogP contribution < -0.4 is 0 Å². The molecule has 0 aromatic heterocycles. The first-order valence-corrected chi connectivity index (χ1v) is 8.97. The summed E-state index contributed by atoms with van der Waals surface area (Å²) in [5.41, 5.74) is 1.20. The number of rotatable bonds is 0. The average molecular weight is 304 g/mol. The van der Waals surface area contributed by atoms with Crippen LogP contribution in [-0.4, -0.2) is 28.2 Å². The Morgan fingerprint density at radius 1 is 1.05 bits per heavy atom. The predicted octanol–water partition coefficient (Wildman–Crippen LogP) is 2.85. The highest BCUT2D eigenvalue weighted by molar-refractivity contribution is 5.87. The van der Waals surface area contributed by atoms with E-state index in [-0.39, 0.29) is 22.9 Å². The zero-order chi connectivity index (χ0) is 15.7. The van der Waals surface area contributed by atoms with E-state index in [0.29, 0.717) is 24.0 Å². The monoisotopic (exact) mass is 304 g/mol. The fourth-order valence-corrected chi connectivity index (χ4v) is 6.40. The first-order valence-electron chi connectivity index (χ1n) is 8.97. The Balaban J connectivity index is 1.75. The van der Waals surface area contributed by atoms with Gasteiger partial charge < -0.3 is 10.2 Å². The largest absolute Gasteiger partial charge is 0.393 e.